The fraction of sp³-hybridized carbons (Fsp3) is 0.316. The predicted octanol–water partition coefficient (Wildman–Crippen LogP) is 3.70. The third kappa shape index (κ3) is 3.41. The number of nitrogens with zero attached hydrogens (tertiary/aromatic N) is 4. The molecule has 0 aliphatic carbocycles. The molecule has 7 heteroatoms. The second-order valence-corrected chi connectivity index (χ2v) is 8.04. The van der Waals surface area contributed by atoms with Gasteiger partial charge in [-0.25, -0.2) is 0 Å². The van der Waals surface area contributed by atoms with Crippen molar-refractivity contribution in [1.82, 2.24) is 19.7 Å². The van der Waals surface area contributed by atoms with Crippen LogP contribution in [0.25, 0.3) is 10.7 Å². The van der Waals surface area contributed by atoms with E-state index in [4.69, 9.17) is 0 Å². The Bertz CT molecular complexity index is 904. The molecular weight excluding hydrogens is 364 g/mol. The van der Waals surface area contributed by atoms with Crippen LogP contribution in [0.3, 0.4) is 0 Å². The minimum Gasteiger partial charge on any atom is -0.337 e. The molecular formula is C19H20N4OS2. The molecule has 0 spiro atoms. The number of fused-ring (bicyclic) bond motifs is 1. The Morgan fingerprint density at radius 1 is 1.19 bits per heavy atom. The number of hydrogen-bond donors (Lipinski definition) is 0. The standard InChI is InChI=1S/C19H20N4OS2/c1-2-23-18(16-8-5-11-25-16)20-21-19(23)26-13-17(24)22-10-9-14-6-3-4-7-15(14)12-22/h3-8,11H,2,9-10,12-13H2,1H3. The maximum atomic E-state index is 12.7. The molecule has 0 saturated carbocycles. The highest BCUT2D eigenvalue weighted by atomic mass is 32.2. The van der Waals surface area contributed by atoms with Gasteiger partial charge in [-0.2, -0.15) is 0 Å². The second kappa shape index (κ2) is 7.63. The number of rotatable bonds is 5. The van der Waals surface area contributed by atoms with E-state index in [1.54, 1.807) is 11.3 Å². The van der Waals surface area contributed by atoms with E-state index in [2.05, 4.69) is 39.9 Å². The summed E-state index contributed by atoms with van der Waals surface area (Å²) < 4.78 is 2.08. The molecule has 0 radical (unpaired) electrons. The van der Waals surface area contributed by atoms with Gasteiger partial charge in [-0.1, -0.05) is 42.1 Å². The maximum absolute atomic E-state index is 12.7. The molecule has 0 saturated heterocycles. The van der Waals surface area contributed by atoms with E-state index in [1.807, 2.05) is 28.5 Å². The lowest BCUT2D eigenvalue weighted by Gasteiger charge is -2.28. The van der Waals surface area contributed by atoms with Gasteiger partial charge in [0.1, 0.15) is 0 Å². The molecule has 0 unspecified atom stereocenters. The Labute approximate surface area is 161 Å². The van der Waals surface area contributed by atoms with E-state index < -0.39 is 0 Å². The van der Waals surface area contributed by atoms with Gasteiger partial charge in [0.2, 0.25) is 5.91 Å². The van der Waals surface area contributed by atoms with Gasteiger partial charge in [-0.15, -0.1) is 21.5 Å². The molecule has 0 bridgehead atoms. The van der Waals surface area contributed by atoms with Crippen LogP contribution in [-0.4, -0.2) is 37.9 Å². The highest BCUT2D eigenvalue weighted by Crippen LogP contribution is 2.27. The van der Waals surface area contributed by atoms with Crippen LogP contribution in [0.1, 0.15) is 18.1 Å². The van der Waals surface area contributed by atoms with Crippen molar-refractivity contribution in [3.63, 3.8) is 0 Å². The first-order valence-corrected chi connectivity index (χ1v) is 10.6. The van der Waals surface area contributed by atoms with Crippen LogP contribution in [-0.2, 0) is 24.3 Å². The van der Waals surface area contributed by atoms with Crippen LogP contribution in [0.4, 0.5) is 0 Å². The number of aromatic nitrogens is 3. The van der Waals surface area contributed by atoms with E-state index in [1.165, 1.54) is 22.9 Å². The van der Waals surface area contributed by atoms with Crippen molar-refractivity contribution in [1.29, 1.82) is 0 Å². The van der Waals surface area contributed by atoms with Crippen LogP contribution in [0.5, 0.6) is 0 Å². The van der Waals surface area contributed by atoms with E-state index in [0.717, 1.165) is 35.4 Å². The summed E-state index contributed by atoms with van der Waals surface area (Å²) in [6.07, 6.45) is 0.931. The van der Waals surface area contributed by atoms with Crippen LogP contribution in [0.15, 0.2) is 46.9 Å². The minimum atomic E-state index is 0.160. The summed E-state index contributed by atoms with van der Waals surface area (Å²) in [4.78, 5) is 15.7. The van der Waals surface area contributed by atoms with Crippen molar-refractivity contribution in [2.24, 2.45) is 0 Å². The molecule has 1 amide bonds. The van der Waals surface area contributed by atoms with E-state index in [-0.39, 0.29) is 5.91 Å². The van der Waals surface area contributed by atoms with Gasteiger partial charge in [-0.3, -0.25) is 4.79 Å². The summed E-state index contributed by atoms with van der Waals surface area (Å²) in [5.74, 6) is 1.43. The molecule has 26 heavy (non-hydrogen) atoms. The van der Waals surface area contributed by atoms with E-state index >= 15 is 0 Å². The van der Waals surface area contributed by atoms with Crippen molar-refractivity contribution < 1.29 is 4.79 Å². The van der Waals surface area contributed by atoms with Crippen LogP contribution in [0, 0.1) is 0 Å². The lowest BCUT2D eigenvalue weighted by molar-refractivity contribution is -0.129. The summed E-state index contributed by atoms with van der Waals surface area (Å²) >= 11 is 3.13. The number of thiophene rings is 1. The largest absolute Gasteiger partial charge is 0.337 e. The third-order valence-corrected chi connectivity index (χ3v) is 6.40. The zero-order chi connectivity index (χ0) is 17.9. The zero-order valence-electron chi connectivity index (χ0n) is 14.6. The van der Waals surface area contributed by atoms with Gasteiger partial charge in [0.05, 0.1) is 10.6 Å². The molecule has 0 atom stereocenters. The number of thioether (sulfide) groups is 1. The van der Waals surface area contributed by atoms with E-state index in [9.17, 15) is 4.79 Å². The number of carbonyl (C=O) groups excluding carboxylic acids is 1. The topological polar surface area (TPSA) is 51.0 Å². The maximum Gasteiger partial charge on any atom is 0.233 e. The first-order chi connectivity index (χ1) is 12.8. The van der Waals surface area contributed by atoms with Crippen molar-refractivity contribution in [2.45, 2.75) is 31.6 Å². The molecule has 1 aromatic carbocycles. The lowest BCUT2D eigenvalue weighted by atomic mass is 10.00. The summed E-state index contributed by atoms with van der Waals surface area (Å²) in [7, 11) is 0. The van der Waals surface area contributed by atoms with Crippen LogP contribution in [0.2, 0.25) is 0 Å². The van der Waals surface area contributed by atoms with Gasteiger partial charge in [0, 0.05) is 19.6 Å². The number of carbonyl (C=O) groups is 1. The fourth-order valence-electron chi connectivity index (χ4n) is 3.19. The Hall–Kier alpha value is -2.12. The average molecular weight is 385 g/mol. The van der Waals surface area contributed by atoms with Gasteiger partial charge < -0.3 is 9.47 Å². The summed E-state index contributed by atoms with van der Waals surface area (Å²) in [6, 6.07) is 12.4. The summed E-state index contributed by atoms with van der Waals surface area (Å²) in [5, 5.41) is 11.5. The van der Waals surface area contributed by atoms with E-state index in [0.29, 0.717) is 12.3 Å². The molecule has 4 rings (SSSR count). The number of amides is 1. The third-order valence-electron chi connectivity index (χ3n) is 4.58. The normalized spacial score (nSPS) is 13.7. The molecule has 0 N–H and O–H groups in total. The van der Waals surface area contributed by atoms with Gasteiger partial charge in [0.15, 0.2) is 11.0 Å². The smallest absolute Gasteiger partial charge is 0.233 e. The van der Waals surface area contributed by atoms with Gasteiger partial charge >= 0.3 is 0 Å². The lowest BCUT2D eigenvalue weighted by Crippen LogP contribution is -2.37. The molecule has 5 nitrogen and oxygen atoms in total. The van der Waals surface area contributed by atoms with Crippen molar-refractivity contribution in [2.75, 3.05) is 12.3 Å². The Balaban J connectivity index is 1.42. The highest BCUT2D eigenvalue weighted by Gasteiger charge is 2.21. The molecule has 1 aliphatic rings. The van der Waals surface area contributed by atoms with Crippen LogP contribution < -0.4 is 0 Å². The Morgan fingerprint density at radius 2 is 2.04 bits per heavy atom. The fourth-order valence-corrected chi connectivity index (χ4v) is 4.82. The molecule has 0 fully saturated rings. The molecule has 2 aromatic heterocycles. The molecule has 1 aliphatic heterocycles. The molecule has 3 aromatic rings. The summed E-state index contributed by atoms with van der Waals surface area (Å²) in [6.45, 7) is 4.36. The average Bonchev–Trinajstić information content (AvgIpc) is 3.34. The highest BCUT2D eigenvalue weighted by molar-refractivity contribution is 7.99. The first-order valence-electron chi connectivity index (χ1n) is 8.70. The number of hydrogen-bond acceptors (Lipinski definition) is 5. The van der Waals surface area contributed by atoms with Gasteiger partial charge in [0.25, 0.3) is 0 Å². The Kier molecular flexibility index (Phi) is 5.08. The van der Waals surface area contributed by atoms with Crippen LogP contribution >= 0.6 is 23.1 Å². The van der Waals surface area contributed by atoms with Gasteiger partial charge in [-0.05, 0) is 35.9 Å². The Morgan fingerprint density at radius 3 is 2.81 bits per heavy atom. The summed E-state index contributed by atoms with van der Waals surface area (Å²) in [5.41, 5.74) is 2.62. The minimum absolute atomic E-state index is 0.160. The first kappa shape index (κ1) is 17.3. The van der Waals surface area contributed by atoms with Crippen molar-refractivity contribution in [3.8, 4) is 10.7 Å². The SMILES string of the molecule is CCn1c(SCC(=O)N2CCc3ccccc3C2)nnc1-c1cccs1. The quantitative estimate of drug-likeness (QED) is 0.630. The number of benzene rings is 1. The zero-order valence-corrected chi connectivity index (χ0v) is 16.2. The second-order valence-electron chi connectivity index (χ2n) is 6.15. The van der Waals surface area contributed by atoms with Crippen molar-refractivity contribution in [3.05, 3.63) is 52.9 Å². The predicted molar refractivity (Wildman–Crippen MR) is 105 cm³/mol. The monoisotopic (exact) mass is 384 g/mol. The molecule has 134 valence electrons. The van der Waals surface area contributed by atoms with Crippen molar-refractivity contribution >= 4 is 29.0 Å². The molecule has 3 heterocycles.